The summed E-state index contributed by atoms with van der Waals surface area (Å²) in [7, 11) is 0. The van der Waals surface area contributed by atoms with E-state index in [2.05, 4.69) is 4.98 Å². The van der Waals surface area contributed by atoms with E-state index in [4.69, 9.17) is 0 Å². The van der Waals surface area contributed by atoms with E-state index in [1.54, 1.807) is 4.98 Å². The van der Waals surface area contributed by atoms with Crippen LogP contribution in [0.15, 0.2) is 4.79 Å². The summed E-state index contributed by atoms with van der Waals surface area (Å²) in [6.45, 7) is 2.78. The highest BCUT2D eigenvalue weighted by molar-refractivity contribution is 5.14. The molecule has 72 valence electrons. The molecule has 1 aromatic rings. The van der Waals surface area contributed by atoms with Gasteiger partial charge in [-0.2, -0.15) is 13.2 Å². The van der Waals surface area contributed by atoms with Gasteiger partial charge in [-0.1, -0.05) is 0 Å². The van der Waals surface area contributed by atoms with E-state index in [0.29, 0.717) is 0 Å². The molecule has 0 saturated heterocycles. The Kier molecular flexibility index (Phi) is 2.15. The van der Waals surface area contributed by atoms with Crippen molar-refractivity contribution in [1.29, 1.82) is 0 Å². The first-order valence-electron chi connectivity index (χ1n) is 3.47. The third-order valence-electron chi connectivity index (χ3n) is 1.66. The lowest BCUT2D eigenvalue weighted by molar-refractivity contribution is -0.145. The molecule has 0 fully saturated rings. The maximum atomic E-state index is 12.0. The standard InChI is InChI=1S/C7H7F3N2O/c1-3-4(2)11-6(7(8,9)10)12-5(3)13/h1-2H3,(H,11,12,13). The summed E-state index contributed by atoms with van der Waals surface area (Å²) in [6.07, 6.45) is -4.60. The minimum Gasteiger partial charge on any atom is -0.303 e. The van der Waals surface area contributed by atoms with E-state index in [1.807, 2.05) is 0 Å². The maximum Gasteiger partial charge on any atom is 0.449 e. The highest BCUT2D eigenvalue weighted by atomic mass is 19.4. The fourth-order valence-corrected chi connectivity index (χ4v) is 0.779. The van der Waals surface area contributed by atoms with Gasteiger partial charge in [-0.05, 0) is 13.8 Å². The van der Waals surface area contributed by atoms with Gasteiger partial charge in [0.2, 0.25) is 5.82 Å². The van der Waals surface area contributed by atoms with Crippen molar-refractivity contribution in [3.05, 3.63) is 27.4 Å². The van der Waals surface area contributed by atoms with Crippen LogP contribution in [0.4, 0.5) is 13.2 Å². The Morgan fingerprint density at radius 3 is 2.23 bits per heavy atom. The molecule has 0 bridgehead atoms. The topological polar surface area (TPSA) is 45.8 Å². The summed E-state index contributed by atoms with van der Waals surface area (Å²) in [4.78, 5) is 15.8. The molecular formula is C7H7F3N2O. The molecule has 0 aliphatic carbocycles. The van der Waals surface area contributed by atoms with Crippen molar-refractivity contribution in [3.8, 4) is 0 Å². The van der Waals surface area contributed by atoms with Gasteiger partial charge in [0, 0.05) is 11.3 Å². The van der Waals surface area contributed by atoms with Gasteiger partial charge in [-0.15, -0.1) is 0 Å². The van der Waals surface area contributed by atoms with E-state index < -0.39 is 17.6 Å². The molecule has 13 heavy (non-hydrogen) atoms. The zero-order chi connectivity index (χ0) is 10.2. The van der Waals surface area contributed by atoms with Crippen LogP contribution in [0.5, 0.6) is 0 Å². The molecule has 1 heterocycles. The Labute approximate surface area is 71.6 Å². The summed E-state index contributed by atoms with van der Waals surface area (Å²) in [5.74, 6) is -1.25. The summed E-state index contributed by atoms with van der Waals surface area (Å²) in [6, 6.07) is 0. The normalized spacial score (nSPS) is 11.8. The molecule has 0 atom stereocenters. The number of aromatic nitrogens is 2. The molecule has 0 aliphatic heterocycles. The number of H-pyrrole nitrogens is 1. The number of hydrogen-bond acceptors (Lipinski definition) is 2. The van der Waals surface area contributed by atoms with E-state index in [-0.39, 0.29) is 11.3 Å². The molecule has 0 spiro atoms. The molecular weight excluding hydrogens is 185 g/mol. The lowest BCUT2D eigenvalue weighted by atomic mass is 10.3. The minimum atomic E-state index is -4.60. The first-order chi connectivity index (χ1) is 5.82. The monoisotopic (exact) mass is 192 g/mol. The van der Waals surface area contributed by atoms with Crippen LogP contribution in [0.1, 0.15) is 17.1 Å². The fraction of sp³-hybridized carbons (Fsp3) is 0.429. The first kappa shape index (κ1) is 9.76. The van der Waals surface area contributed by atoms with Crippen molar-refractivity contribution in [2.24, 2.45) is 0 Å². The Bertz CT molecular complexity index is 380. The van der Waals surface area contributed by atoms with Crippen molar-refractivity contribution in [2.75, 3.05) is 0 Å². The number of nitrogens with zero attached hydrogens (tertiary/aromatic N) is 1. The number of aryl methyl sites for hydroxylation is 1. The van der Waals surface area contributed by atoms with Crippen LogP contribution in [0.25, 0.3) is 0 Å². The molecule has 0 unspecified atom stereocenters. The second-order valence-corrected chi connectivity index (χ2v) is 2.62. The fourth-order valence-electron chi connectivity index (χ4n) is 0.779. The number of aromatic amines is 1. The predicted octanol–water partition coefficient (Wildman–Crippen LogP) is 1.41. The lowest BCUT2D eigenvalue weighted by Crippen LogP contribution is -2.21. The van der Waals surface area contributed by atoms with Crippen molar-refractivity contribution in [2.45, 2.75) is 20.0 Å². The number of nitrogens with one attached hydrogen (secondary N) is 1. The Morgan fingerprint density at radius 1 is 1.31 bits per heavy atom. The molecule has 0 amide bonds. The zero-order valence-corrected chi connectivity index (χ0v) is 6.99. The number of alkyl halides is 3. The van der Waals surface area contributed by atoms with Crippen LogP contribution < -0.4 is 5.56 Å². The van der Waals surface area contributed by atoms with Crippen LogP contribution in [0, 0.1) is 13.8 Å². The molecule has 0 aliphatic rings. The van der Waals surface area contributed by atoms with E-state index in [0.717, 1.165) is 0 Å². The Hall–Kier alpha value is -1.33. The quantitative estimate of drug-likeness (QED) is 0.675. The van der Waals surface area contributed by atoms with Crippen LogP contribution in [0.3, 0.4) is 0 Å². The van der Waals surface area contributed by atoms with Crippen LogP contribution in [-0.2, 0) is 6.18 Å². The van der Waals surface area contributed by atoms with Crippen LogP contribution in [-0.4, -0.2) is 9.97 Å². The number of hydrogen-bond donors (Lipinski definition) is 1. The Morgan fingerprint density at radius 2 is 1.85 bits per heavy atom. The molecule has 0 aromatic carbocycles. The third kappa shape index (κ3) is 1.88. The third-order valence-corrected chi connectivity index (χ3v) is 1.66. The van der Waals surface area contributed by atoms with Gasteiger partial charge in [-0.3, -0.25) is 4.79 Å². The molecule has 0 radical (unpaired) electrons. The largest absolute Gasteiger partial charge is 0.449 e. The molecule has 0 saturated carbocycles. The highest BCUT2D eigenvalue weighted by Crippen LogP contribution is 2.25. The van der Waals surface area contributed by atoms with Gasteiger partial charge in [0.1, 0.15) is 0 Å². The summed E-state index contributed by atoms with van der Waals surface area (Å²) in [5, 5.41) is 0. The van der Waals surface area contributed by atoms with Crippen LogP contribution in [0.2, 0.25) is 0 Å². The summed E-state index contributed by atoms with van der Waals surface area (Å²) < 4.78 is 36.1. The molecule has 3 nitrogen and oxygen atoms in total. The average Bonchev–Trinajstić information content (AvgIpc) is 1.97. The second-order valence-electron chi connectivity index (χ2n) is 2.62. The van der Waals surface area contributed by atoms with E-state index in [1.165, 1.54) is 13.8 Å². The van der Waals surface area contributed by atoms with E-state index in [9.17, 15) is 18.0 Å². The number of rotatable bonds is 0. The predicted molar refractivity (Wildman–Crippen MR) is 39.3 cm³/mol. The van der Waals surface area contributed by atoms with Crippen LogP contribution >= 0.6 is 0 Å². The van der Waals surface area contributed by atoms with Crippen molar-refractivity contribution in [1.82, 2.24) is 9.97 Å². The van der Waals surface area contributed by atoms with Gasteiger partial charge >= 0.3 is 6.18 Å². The zero-order valence-electron chi connectivity index (χ0n) is 6.99. The Balaban J connectivity index is 3.38. The van der Waals surface area contributed by atoms with Gasteiger partial charge < -0.3 is 4.98 Å². The molecule has 6 heteroatoms. The van der Waals surface area contributed by atoms with Crippen molar-refractivity contribution in [3.63, 3.8) is 0 Å². The van der Waals surface area contributed by atoms with Gasteiger partial charge in [-0.25, -0.2) is 4.98 Å². The van der Waals surface area contributed by atoms with Crippen molar-refractivity contribution < 1.29 is 13.2 Å². The maximum absolute atomic E-state index is 12.0. The second kappa shape index (κ2) is 2.86. The number of halogens is 3. The minimum absolute atomic E-state index is 0.0936. The van der Waals surface area contributed by atoms with Gasteiger partial charge in [0.05, 0.1) is 0 Å². The summed E-state index contributed by atoms with van der Waals surface area (Å²) >= 11 is 0. The first-order valence-corrected chi connectivity index (χ1v) is 3.47. The van der Waals surface area contributed by atoms with Gasteiger partial charge in [0.15, 0.2) is 0 Å². The molecule has 1 N–H and O–H groups in total. The molecule has 1 aromatic heterocycles. The average molecular weight is 192 g/mol. The summed E-state index contributed by atoms with van der Waals surface area (Å²) in [5.41, 5.74) is -0.455. The SMILES string of the molecule is Cc1nc(C(F)(F)F)[nH]c(=O)c1C. The lowest BCUT2D eigenvalue weighted by Gasteiger charge is -2.06. The highest BCUT2D eigenvalue weighted by Gasteiger charge is 2.34. The van der Waals surface area contributed by atoms with Gasteiger partial charge in [0.25, 0.3) is 5.56 Å². The molecule has 1 rings (SSSR count). The smallest absolute Gasteiger partial charge is 0.303 e. The van der Waals surface area contributed by atoms with E-state index >= 15 is 0 Å². The van der Waals surface area contributed by atoms with Crippen molar-refractivity contribution >= 4 is 0 Å².